The molecule has 1 fully saturated rings. The summed E-state index contributed by atoms with van der Waals surface area (Å²) in [4.78, 5) is 16.2. The summed E-state index contributed by atoms with van der Waals surface area (Å²) in [6.07, 6.45) is -2.04. The van der Waals surface area contributed by atoms with Crippen molar-refractivity contribution < 1.29 is 18.0 Å². The maximum absolute atomic E-state index is 13.0. The third kappa shape index (κ3) is 5.12. The number of likely N-dealkylation sites (N-methyl/N-ethyl adjacent to an activating group) is 1. The molecule has 1 aromatic carbocycles. The molecule has 1 saturated heterocycles. The fraction of sp³-hybridized carbons (Fsp3) is 0.588. The maximum atomic E-state index is 13.0. The number of urea groups is 1. The molecule has 2 rings (SSSR count). The Bertz CT molecular complexity index is 542. The van der Waals surface area contributed by atoms with Gasteiger partial charge in [0.25, 0.3) is 0 Å². The van der Waals surface area contributed by atoms with Crippen LogP contribution in [0.2, 0.25) is 0 Å². The Labute approximate surface area is 140 Å². The van der Waals surface area contributed by atoms with Crippen LogP contribution in [0.4, 0.5) is 18.0 Å². The largest absolute Gasteiger partial charge is 0.416 e. The summed E-state index contributed by atoms with van der Waals surface area (Å²) < 4.78 is 38.9. The van der Waals surface area contributed by atoms with E-state index in [1.165, 1.54) is 25.0 Å². The zero-order valence-corrected chi connectivity index (χ0v) is 13.9. The molecule has 24 heavy (non-hydrogen) atoms. The number of carbonyl (C=O) groups excluding carboxylic acids is 1. The number of rotatable bonds is 6. The first-order valence-electron chi connectivity index (χ1n) is 8.32. The van der Waals surface area contributed by atoms with Crippen molar-refractivity contribution in [3.8, 4) is 0 Å². The maximum Gasteiger partial charge on any atom is 0.416 e. The quantitative estimate of drug-likeness (QED) is 0.860. The second-order valence-corrected chi connectivity index (χ2v) is 5.94. The second-order valence-electron chi connectivity index (χ2n) is 5.94. The van der Waals surface area contributed by atoms with Gasteiger partial charge in [-0.2, -0.15) is 13.2 Å². The highest BCUT2D eigenvalue weighted by atomic mass is 19.4. The molecule has 1 heterocycles. The minimum Gasteiger partial charge on any atom is -0.334 e. The van der Waals surface area contributed by atoms with E-state index < -0.39 is 11.7 Å². The highest BCUT2D eigenvalue weighted by molar-refractivity contribution is 5.74. The fourth-order valence-corrected chi connectivity index (χ4v) is 2.91. The molecule has 1 aliphatic rings. The van der Waals surface area contributed by atoms with E-state index in [1.807, 2.05) is 6.92 Å². The fourth-order valence-electron chi connectivity index (χ4n) is 2.91. The van der Waals surface area contributed by atoms with E-state index in [0.717, 1.165) is 25.7 Å². The molecule has 0 spiro atoms. The van der Waals surface area contributed by atoms with Crippen LogP contribution in [0.5, 0.6) is 0 Å². The molecular weight excluding hydrogens is 319 g/mol. The summed E-state index contributed by atoms with van der Waals surface area (Å²) in [7, 11) is 0. The Hall–Kier alpha value is -1.76. The lowest BCUT2D eigenvalue weighted by Gasteiger charge is -2.24. The van der Waals surface area contributed by atoms with Gasteiger partial charge < -0.3 is 15.1 Å². The highest BCUT2D eigenvalue weighted by Crippen LogP contribution is 2.31. The average molecular weight is 343 g/mol. The van der Waals surface area contributed by atoms with Gasteiger partial charge in [0.1, 0.15) is 0 Å². The summed E-state index contributed by atoms with van der Waals surface area (Å²) in [6.45, 7) is 5.77. The number of nitrogens with one attached hydrogen (secondary N) is 1. The van der Waals surface area contributed by atoms with E-state index in [2.05, 4.69) is 10.2 Å². The van der Waals surface area contributed by atoms with E-state index in [0.29, 0.717) is 13.1 Å². The Balaban J connectivity index is 1.89. The number of nitrogens with zero attached hydrogens (tertiary/aromatic N) is 2. The van der Waals surface area contributed by atoms with Crippen LogP contribution in [0.25, 0.3) is 0 Å². The monoisotopic (exact) mass is 343 g/mol. The topological polar surface area (TPSA) is 35.6 Å². The number of alkyl halides is 3. The summed E-state index contributed by atoms with van der Waals surface area (Å²) in [5.74, 6) is 0. The lowest BCUT2D eigenvalue weighted by atomic mass is 10.1. The van der Waals surface area contributed by atoms with Crippen molar-refractivity contribution in [3.05, 3.63) is 35.4 Å². The van der Waals surface area contributed by atoms with Gasteiger partial charge in [-0.1, -0.05) is 18.2 Å². The van der Waals surface area contributed by atoms with Crippen molar-refractivity contribution in [2.45, 2.75) is 32.5 Å². The molecule has 134 valence electrons. The van der Waals surface area contributed by atoms with Gasteiger partial charge in [-0.15, -0.1) is 0 Å². The third-order valence-electron chi connectivity index (χ3n) is 4.31. The van der Waals surface area contributed by atoms with E-state index in [-0.39, 0.29) is 18.1 Å². The van der Waals surface area contributed by atoms with Crippen molar-refractivity contribution in [3.63, 3.8) is 0 Å². The first-order chi connectivity index (χ1) is 11.4. The molecule has 2 amide bonds. The summed E-state index contributed by atoms with van der Waals surface area (Å²) >= 11 is 0. The molecule has 1 aliphatic heterocycles. The number of benzene rings is 1. The van der Waals surface area contributed by atoms with E-state index in [1.54, 1.807) is 11.0 Å². The molecule has 0 aliphatic carbocycles. The van der Waals surface area contributed by atoms with Gasteiger partial charge >= 0.3 is 12.2 Å². The van der Waals surface area contributed by atoms with Crippen LogP contribution in [0.3, 0.4) is 0 Å². The van der Waals surface area contributed by atoms with Crippen molar-refractivity contribution in [2.75, 3.05) is 32.7 Å². The number of hydrogen-bond acceptors (Lipinski definition) is 2. The van der Waals surface area contributed by atoms with Crippen LogP contribution in [-0.4, -0.2) is 48.6 Å². The Morgan fingerprint density at radius 2 is 1.92 bits per heavy atom. The zero-order valence-electron chi connectivity index (χ0n) is 13.9. The van der Waals surface area contributed by atoms with Gasteiger partial charge in [0.05, 0.1) is 5.56 Å². The van der Waals surface area contributed by atoms with Crippen LogP contribution in [0, 0.1) is 0 Å². The lowest BCUT2D eigenvalue weighted by Crippen LogP contribution is -2.43. The van der Waals surface area contributed by atoms with E-state index in [4.69, 9.17) is 0 Å². The summed E-state index contributed by atoms with van der Waals surface area (Å²) in [5.41, 5.74) is -0.626. The second kappa shape index (κ2) is 8.37. The molecule has 1 aromatic rings. The predicted molar refractivity (Wildman–Crippen MR) is 86.6 cm³/mol. The van der Waals surface area contributed by atoms with Gasteiger partial charge in [-0.05, 0) is 44.5 Å². The van der Waals surface area contributed by atoms with Gasteiger partial charge in [-0.3, -0.25) is 0 Å². The summed E-state index contributed by atoms with van der Waals surface area (Å²) in [5, 5.41) is 2.61. The Morgan fingerprint density at radius 3 is 2.54 bits per heavy atom. The van der Waals surface area contributed by atoms with Crippen molar-refractivity contribution in [1.29, 1.82) is 0 Å². The molecule has 0 radical (unpaired) electrons. The molecule has 0 saturated carbocycles. The molecule has 7 heteroatoms. The SMILES string of the molecule is CCN(CCN1CCCC1)C(=O)NCc1ccccc1C(F)(F)F. The van der Waals surface area contributed by atoms with Crippen LogP contribution in [-0.2, 0) is 12.7 Å². The molecule has 0 aromatic heterocycles. The number of likely N-dealkylation sites (tertiary alicyclic amines) is 1. The normalized spacial score (nSPS) is 15.5. The standard InChI is InChI=1S/C17H24F3N3O/c1-2-23(12-11-22-9-5-6-10-22)16(24)21-13-14-7-3-4-8-15(14)17(18,19)20/h3-4,7-8H,2,5-6,9-13H2,1H3,(H,21,24). The molecular formula is C17H24F3N3O. The van der Waals surface area contributed by atoms with Crippen LogP contribution >= 0.6 is 0 Å². The minimum absolute atomic E-state index is 0.0777. The molecule has 1 N–H and O–H groups in total. The van der Waals surface area contributed by atoms with Crippen LogP contribution in [0.15, 0.2) is 24.3 Å². The van der Waals surface area contributed by atoms with E-state index in [9.17, 15) is 18.0 Å². The van der Waals surface area contributed by atoms with Gasteiger partial charge in [0.15, 0.2) is 0 Å². The molecule has 0 bridgehead atoms. The zero-order chi connectivity index (χ0) is 17.6. The van der Waals surface area contributed by atoms with Crippen LogP contribution in [0.1, 0.15) is 30.9 Å². The van der Waals surface area contributed by atoms with Crippen molar-refractivity contribution in [1.82, 2.24) is 15.1 Å². The van der Waals surface area contributed by atoms with Gasteiger partial charge in [-0.25, -0.2) is 4.79 Å². The summed E-state index contributed by atoms with van der Waals surface area (Å²) in [6, 6.07) is 4.99. The van der Waals surface area contributed by atoms with Gasteiger partial charge in [0, 0.05) is 26.2 Å². The molecule has 4 nitrogen and oxygen atoms in total. The Kier molecular flexibility index (Phi) is 6.48. The first-order valence-corrected chi connectivity index (χ1v) is 8.32. The molecule has 0 unspecified atom stereocenters. The third-order valence-corrected chi connectivity index (χ3v) is 4.31. The van der Waals surface area contributed by atoms with E-state index >= 15 is 0 Å². The van der Waals surface area contributed by atoms with Gasteiger partial charge in [0.2, 0.25) is 0 Å². The minimum atomic E-state index is -4.42. The number of carbonyl (C=O) groups is 1. The number of hydrogen-bond donors (Lipinski definition) is 1. The first kappa shape index (κ1) is 18.6. The lowest BCUT2D eigenvalue weighted by molar-refractivity contribution is -0.138. The molecule has 0 atom stereocenters. The van der Waals surface area contributed by atoms with Crippen LogP contribution < -0.4 is 5.32 Å². The van der Waals surface area contributed by atoms with Crippen molar-refractivity contribution >= 4 is 6.03 Å². The average Bonchev–Trinajstić information content (AvgIpc) is 3.06. The van der Waals surface area contributed by atoms with Crippen molar-refractivity contribution in [2.24, 2.45) is 0 Å². The Morgan fingerprint density at radius 1 is 1.25 bits per heavy atom. The number of amides is 2. The highest BCUT2D eigenvalue weighted by Gasteiger charge is 2.32. The predicted octanol–water partition coefficient (Wildman–Crippen LogP) is 3.33. The smallest absolute Gasteiger partial charge is 0.334 e. The number of halogens is 3.